The van der Waals surface area contributed by atoms with Gasteiger partial charge in [-0.2, -0.15) is 5.10 Å². The molecule has 33 heavy (non-hydrogen) atoms. The number of anilines is 3. The number of hydrogen-bond donors (Lipinski definition) is 2. The molecule has 1 saturated heterocycles. The van der Waals surface area contributed by atoms with E-state index in [2.05, 4.69) is 49.4 Å². The maximum absolute atomic E-state index is 5.24. The Bertz CT molecular complexity index is 1240. The molecule has 4 aromatic rings. The van der Waals surface area contributed by atoms with Crippen LogP contribution in [0.4, 0.5) is 16.6 Å². The molecule has 2 N–H and O–H groups in total. The third kappa shape index (κ3) is 4.68. The molecule has 0 unspecified atom stereocenters. The second kappa shape index (κ2) is 9.42. The molecule has 0 bridgehead atoms. The number of piperazine rings is 1. The fourth-order valence-electron chi connectivity index (χ4n) is 4.19. The van der Waals surface area contributed by atoms with Gasteiger partial charge in [0.05, 0.1) is 18.5 Å². The largest absolute Gasteiger partial charge is 0.383 e. The van der Waals surface area contributed by atoms with Crippen molar-refractivity contribution in [2.75, 3.05) is 50.1 Å². The third-order valence-corrected chi connectivity index (χ3v) is 6.93. The molecule has 0 aliphatic carbocycles. The maximum Gasteiger partial charge on any atom is 0.190 e. The molecule has 0 aromatic carbocycles. The van der Waals surface area contributed by atoms with Crippen LogP contribution < -0.4 is 10.2 Å². The molecule has 1 fully saturated rings. The van der Waals surface area contributed by atoms with Crippen molar-refractivity contribution in [3.05, 3.63) is 42.4 Å². The van der Waals surface area contributed by atoms with Gasteiger partial charge in [-0.15, -0.1) is 0 Å². The zero-order valence-corrected chi connectivity index (χ0v) is 19.9. The van der Waals surface area contributed by atoms with Crippen molar-refractivity contribution in [2.24, 2.45) is 0 Å². The van der Waals surface area contributed by atoms with E-state index in [1.807, 2.05) is 25.3 Å². The first-order valence-electron chi connectivity index (χ1n) is 11.1. The lowest BCUT2D eigenvalue weighted by atomic mass is 10.1. The number of aromatic amines is 1. The van der Waals surface area contributed by atoms with Crippen molar-refractivity contribution >= 4 is 38.3 Å². The van der Waals surface area contributed by atoms with Crippen molar-refractivity contribution in [2.45, 2.75) is 19.9 Å². The summed E-state index contributed by atoms with van der Waals surface area (Å²) in [5.41, 5.74) is 4.93. The quantitative estimate of drug-likeness (QED) is 0.428. The molecule has 10 heteroatoms. The van der Waals surface area contributed by atoms with Crippen molar-refractivity contribution in [3.8, 4) is 11.3 Å². The Morgan fingerprint density at radius 1 is 1.24 bits per heavy atom. The zero-order chi connectivity index (χ0) is 22.8. The van der Waals surface area contributed by atoms with Crippen LogP contribution in [0.2, 0.25) is 0 Å². The van der Waals surface area contributed by atoms with Crippen LogP contribution in [-0.4, -0.2) is 76.0 Å². The summed E-state index contributed by atoms with van der Waals surface area (Å²) in [6.07, 6.45) is 3.66. The van der Waals surface area contributed by atoms with E-state index in [0.717, 1.165) is 71.0 Å². The fraction of sp³-hybridized carbons (Fsp3) is 0.391. The SMILES string of the molecule is COCCN1CCN(c2ccnc(Nc3nc4ccc(-c5cn[nH]c5C)nc4s3)c2)C[C@@H]1C. The highest BCUT2D eigenvalue weighted by Gasteiger charge is 2.23. The van der Waals surface area contributed by atoms with Gasteiger partial charge in [0.25, 0.3) is 0 Å². The minimum absolute atomic E-state index is 0.474. The Kier molecular flexibility index (Phi) is 6.21. The summed E-state index contributed by atoms with van der Waals surface area (Å²) in [6, 6.07) is 8.62. The number of nitrogens with zero attached hydrogens (tertiary/aromatic N) is 6. The van der Waals surface area contributed by atoms with E-state index in [4.69, 9.17) is 14.7 Å². The number of aromatic nitrogens is 5. The normalized spacial score (nSPS) is 17.1. The van der Waals surface area contributed by atoms with Crippen molar-refractivity contribution in [3.63, 3.8) is 0 Å². The van der Waals surface area contributed by atoms with E-state index < -0.39 is 0 Å². The van der Waals surface area contributed by atoms with E-state index in [0.29, 0.717) is 6.04 Å². The summed E-state index contributed by atoms with van der Waals surface area (Å²) >= 11 is 1.52. The topological polar surface area (TPSA) is 95.1 Å². The smallest absolute Gasteiger partial charge is 0.190 e. The molecule has 4 aromatic heterocycles. The maximum atomic E-state index is 5.24. The molecule has 9 nitrogen and oxygen atoms in total. The first-order chi connectivity index (χ1) is 16.1. The van der Waals surface area contributed by atoms with Gasteiger partial charge in [0, 0.05) is 68.5 Å². The Balaban J connectivity index is 1.30. The Labute approximate surface area is 196 Å². The first kappa shape index (κ1) is 21.7. The van der Waals surface area contributed by atoms with Gasteiger partial charge in [-0.1, -0.05) is 11.3 Å². The number of methoxy groups -OCH3 is 1. The van der Waals surface area contributed by atoms with Gasteiger partial charge in [0.1, 0.15) is 16.2 Å². The van der Waals surface area contributed by atoms with Crippen LogP contribution in [0.1, 0.15) is 12.6 Å². The highest BCUT2D eigenvalue weighted by atomic mass is 32.1. The van der Waals surface area contributed by atoms with Crippen LogP contribution in [0.25, 0.3) is 21.6 Å². The molecular weight excluding hydrogens is 436 g/mol. The minimum Gasteiger partial charge on any atom is -0.383 e. The molecule has 0 spiro atoms. The predicted octanol–water partition coefficient (Wildman–Crippen LogP) is 3.69. The molecule has 1 aliphatic rings. The number of ether oxygens (including phenoxy) is 1. The molecule has 172 valence electrons. The molecule has 0 amide bonds. The van der Waals surface area contributed by atoms with Gasteiger partial charge in [-0.3, -0.25) is 10.00 Å². The third-order valence-electron chi connectivity index (χ3n) is 6.05. The first-order valence-corrected chi connectivity index (χ1v) is 11.9. The molecule has 0 radical (unpaired) electrons. The number of thiazole rings is 1. The molecule has 0 saturated carbocycles. The van der Waals surface area contributed by atoms with E-state index >= 15 is 0 Å². The van der Waals surface area contributed by atoms with Gasteiger partial charge >= 0.3 is 0 Å². The van der Waals surface area contributed by atoms with E-state index in [-0.39, 0.29) is 0 Å². The van der Waals surface area contributed by atoms with E-state index in [1.54, 1.807) is 13.3 Å². The average molecular weight is 465 g/mol. The van der Waals surface area contributed by atoms with Gasteiger partial charge in [0.15, 0.2) is 5.13 Å². The number of aryl methyl sites for hydroxylation is 1. The molecule has 1 aliphatic heterocycles. The van der Waals surface area contributed by atoms with Crippen molar-refractivity contribution in [1.29, 1.82) is 0 Å². The number of fused-ring (bicyclic) bond motifs is 1. The number of nitrogens with one attached hydrogen (secondary N) is 2. The van der Waals surface area contributed by atoms with Crippen LogP contribution in [0.5, 0.6) is 0 Å². The number of H-pyrrole nitrogens is 1. The van der Waals surface area contributed by atoms with Crippen molar-refractivity contribution in [1.82, 2.24) is 30.0 Å². The highest BCUT2D eigenvalue weighted by Crippen LogP contribution is 2.30. The lowest BCUT2D eigenvalue weighted by molar-refractivity contribution is 0.117. The average Bonchev–Trinajstić information content (AvgIpc) is 3.43. The fourth-order valence-corrected chi connectivity index (χ4v) is 5.04. The summed E-state index contributed by atoms with van der Waals surface area (Å²) in [6.45, 7) is 9.00. The summed E-state index contributed by atoms with van der Waals surface area (Å²) in [5.74, 6) is 0.784. The number of hydrogen-bond acceptors (Lipinski definition) is 9. The monoisotopic (exact) mass is 464 g/mol. The van der Waals surface area contributed by atoms with Gasteiger partial charge in [-0.25, -0.2) is 15.0 Å². The van der Waals surface area contributed by atoms with Gasteiger partial charge < -0.3 is 15.0 Å². The predicted molar refractivity (Wildman–Crippen MR) is 132 cm³/mol. The Morgan fingerprint density at radius 3 is 2.94 bits per heavy atom. The van der Waals surface area contributed by atoms with Crippen molar-refractivity contribution < 1.29 is 4.74 Å². The molecule has 5 rings (SSSR count). The lowest BCUT2D eigenvalue weighted by Crippen LogP contribution is -2.52. The zero-order valence-electron chi connectivity index (χ0n) is 19.1. The standard InChI is InChI=1S/C23H28N8OS/c1-15-14-31(9-8-30(15)10-11-32-3)17-6-7-24-21(12-17)28-23-27-20-5-4-19(26-22(20)33-23)18-13-25-29-16(18)2/h4-7,12-13,15H,8-11,14H2,1-3H3,(H,25,29)(H,24,27,28)/t15-/m0/s1. The summed E-state index contributed by atoms with van der Waals surface area (Å²) < 4.78 is 5.24. The van der Waals surface area contributed by atoms with Crippen LogP contribution in [0.15, 0.2) is 36.7 Å². The van der Waals surface area contributed by atoms with E-state index in [9.17, 15) is 0 Å². The molecule has 5 heterocycles. The number of rotatable bonds is 7. The second-order valence-electron chi connectivity index (χ2n) is 8.30. The molecular formula is C23H28N8OS. The van der Waals surface area contributed by atoms with E-state index in [1.165, 1.54) is 17.0 Å². The summed E-state index contributed by atoms with van der Waals surface area (Å²) in [5, 5.41) is 11.2. The van der Waals surface area contributed by atoms with Crippen LogP contribution in [-0.2, 0) is 4.74 Å². The minimum atomic E-state index is 0.474. The summed E-state index contributed by atoms with van der Waals surface area (Å²) in [7, 11) is 1.76. The Hall–Kier alpha value is -3.08. The molecule has 1 atom stereocenters. The van der Waals surface area contributed by atoms with Crippen LogP contribution in [0.3, 0.4) is 0 Å². The highest BCUT2D eigenvalue weighted by molar-refractivity contribution is 7.21. The van der Waals surface area contributed by atoms with Crippen LogP contribution >= 0.6 is 11.3 Å². The summed E-state index contributed by atoms with van der Waals surface area (Å²) in [4.78, 5) is 19.8. The van der Waals surface area contributed by atoms with Crippen LogP contribution in [0, 0.1) is 6.92 Å². The number of pyridine rings is 2. The van der Waals surface area contributed by atoms with Gasteiger partial charge in [0.2, 0.25) is 0 Å². The Morgan fingerprint density at radius 2 is 2.15 bits per heavy atom. The lowest BCUT2D eigenvalue weighted by Gasteiger charge is -2.41. The second-order valence-corrected chi connectivity index (χ2v) is 9.27. The van der Waals surface area contributed by atoms with Gasteiger partial charge in [-0.05, 0) is 32.0 Å².